The summed E-state index contributed by atoms with van der Waals surface area (Å²) in [4.78, 5) is 25.7. The van der Waals surface area contributed by atoms with Crippen LogP contribution < -0.4 is 0 Å². The fourth-order valence-electron chi connectivity index (χ4n) is 4.36. The molecule has 4 rings (SSSR count). The summed E-state index contributed by atoms with van der Waals surface area (Å²) in [6, 6.07) is 13.3. The van der Waals surface area contributed by atoms with Gasteiger partial charge < -0.3 is 14.8 Å². The molecule has 2 aromatic carbocycles. The summed E-state index contributed by atoms with van der Waals surface area (Å²) in [5.41, 5.74) is 2.30. The molecule has 1 fully saturated rings. The van der Waals surface area contributed by atoms with Crippen molar-refractivity contribution in [3.8, 4) is 0 Å². The maximum absolute atomic E-state index is 12.4. The van der Waals surface area contributed by atoms with Crippen LogP contribution in [0.5, 0.6) is 0 Å². The zero-order valence-corrected chi connectivity index (χ0v) is 18.9. The summed E-state index contributed by atoms with van der Waals surface area (Å²) in [5.74, 6) is -2.10. The molecule has 1 unspecified atom stereocenters. The van der Waals surface area contributed by atoms with Gasteiger partial charge in [-0.05, 0) is 17.7 Å². The minimum Gasteiger partial charge on any atom is -0.480 e. The molecule has 10 heteroatoms. The van der Waals surface area contributed by atoms with E-state index in [0.29, 0.717) is 23.0 Å². The highest BCUT2D eigenvalue weighted by molar-refractivity contribution is 7.88. The second-order valence-electron chi connectivity index (χ2n) is 8.17. The van der Waals surface area contributed by atoms with E-state index in [1.165, 1.54) is 10.4 Å². The minimum absolute atomic E-state index is 0.120. The molecule has 0 aliphatic carbocycles. The number of rotatable bonds is 7. The smallest absolute Gasteiger partial charge is 0.335 e. The fraction of sp³-hybridized carbons (Fsp3) is 0.304. The molecule has 1 aliphatic rings. The van der Waals surface area contributed by atoms with Crippen LogP contribution in [0.1, 0.15) is 27.5 Å². The maximum atomic E-state index is 12.4. The third-order valence-corrected chi connectivity index (χ3v) is 7.29. The van der Waals surface area contributed by atoms with Gasteiger partial charge in [-0.1, -0.05) is 36.4 Å². The lowest BCUT2D eigenvalue weighted by Gasteiger charge is -2.36. The SMILES string of the molecule is CS(=O)(=O)N1CCN(C(C(=O)O)c2cn(Cc3ccccc3)c3cc(C(=O)O)ccc23)CC1. The summed E-state index contributed by atoms with van der Waals surface area (Å²) in [5, 5.41) is 20.2. The van der Waals surface area contributed by atoms with E-state index in [1.54, 1.807) is 23.2 Å². The normalized spacial score (nSPS) is 16.6. The lowest BCUT2D eigenvalue weighted by Crippen LogP contribution is -2.50. The first-order valence-electron chi connectivity index (χ1n) is 10.5. The lowest BCUT2D eigenvalue weighted by atomic mass is 10.0. The molecule has 0 spiro atoms. The molecule has 1 aromatic heterocycles. The van der Waals surface area contributed by atoms with E-state index in [4.69, 9.17) is 0 Å². The highest BCUT2D eigenvalue weighted by Crippen LogP contribution is 2.32. The second-order valence-corrected chi connectivity index (χ2v) is 10.2. The molecule has 9 nitrogen and oxygen atoms in total. The van der Waals surface area contributed by atoms with Crippen molar-refractivity contribution in [3.05, 3.63) is 71.4 Å². The van der Waals surface area contributed by atoms with Crippen molar-refractivity contribution >= 4 is 32.9 Å². The molecule has 2 heterocycles. The Balaban J connectivity index is 1.76. The van der Waals surface area contributed by atoms with Crippen molar-refractivity contribution in [2.45, 2.75) is 12.6 Å². The van der Waals surface area contributed by atoms with Crippen LogP contribution in [-0.4, -0.2) is 76.8 Å². The van der Waals surface area contributed by atoms with Gasteiger partial charge in [0.2, 0.25) is 10.0 Å². The Bertz CT molecular complexity index is 1290. The molecule has 0 bridgehead atoms. The van der Waals surface area contributed by atoms with Crippen molar-refractivity contribution in [2.75, 3.05) is 32.4 Å². The van der Waals surface area contributed by atoms with E-state index < -0.39 is 28.0 Å². The number of nitrogens with zero attached hydrogens (tertiary/aromatic N) is 3. The minimum atomic E-state index is -3.34. The highest BCUT2D eigenvalue weighted by Gasteiger charge is 2.34. The Morgan fingerprint density at radius 2 is 1.67 bits per heavy atom. The maximum Gasteiger partial charge on any atom is 0.335 e. The number of aromatic carboxylic acids is 1. The van der Waals surface area contributed by atoms with Crippen LogP contribution in [0.3, 0.4) is 0 Å². The molecular weight excluding hydrogens is 446 g/mol. The number of carbonyl (C=O) groups is 2. The van der Waals surface area contributed by atoms with Crippen LogP contribution in [0.2, 0.25) is 0 Å². The van der Waals surface area contributed by atoms with E-state index in [-0.39, 0.29) is 31.7 Å². The molecule has 1 aliphatic heterocycles. The Labute approximate surface area is 191 Å². The number of benzene rings is 2. The van der Waals surface area contributed by atoms with Gasteiger partial charge in [0.25, 0.3) is 0 Å². The average molecular weight is 472 g/mol. The first-order chi connectivity index (χ1) is 15.6. The van der Waals surface area contributed by atoms with Crippen LogP contribution in [0.4, 0.5) is 0 Å². The monoisotopic (exact) mass is 471 g/mol. The molecule has 0 amide bonds. The van der Waals surface area contributed by atoms with E-state index in [9.17, 15) is 28.2 Å². The van der Waals surface area contributed by atoms with Crippen molar-refractivity contribution in [1.82, 2.24) is 13.8 Å². The van der Waals surface area contributed by atoms with Crippen molar-refractivity contribution in [1.29, 1.82) is 0 Å². The zero-order chi connectivity index (χ0) is 23.8. The zero-order valence-electron chi connectivity index (χ0n) is 18.1. The molecule has 1 saturated heterocycles. The van der Waals surface area contributed by atoms with Gasteiger partial charge in [0, 0.05) is 55.4 Å². The number of fused-ring (bicyclic) bond motifs is 1. The standard InChI is InChI=1S/C23H25N3O6S/c1-33(31,32)26-11-9-24(10-12-26)21(23(29)30)19-15-25(14-16-5-3-2-4-6-16)20-13-17(22(27)28)7-8-18(19)20/h2-8,13,15,21H,9-12,14H2,1H3,(H,27,28)(H,29,30). The number of sulfonamides is 1. The van der Waals surface area contributed by atoms with Crippen LogP contribution in [0.15, 0.2) is 54.7 Å². The largest absolute Gasteiger partial charge is 0.480 e. The highest BCUT2D eigenvalue weighted by atomic mass is 32.2. The Morgan fingerprint density at radius 3 is 2.24 bits per heavy atom. The van der Waals surface area contributed by atoms with Gasteiger partial charge in [-0.25, -0.2) is 13.2 Å². The van der Waals surface area contributed by atoms with E-state index in [0.717, 1.165) is 11.8 Å². The van der Waals surface area contributed by atoms with Crippen molar-refractivity contribution < 1.29 is 28.2 Å². The first kappa shape index (κ1) is 23.0. The van der Waals surface area contributed by atoms with Crippen molar-refractivity contribution in [2.24, 2.45) is 0 Å². The van der Waals surface area contributed by atoms with Crippen LogP contribution in [-0.2, 0) is 21.4 Å². The number of piperazine rings is 1. The molecule has 174 valence electrons. The number of carboxylic acid groups (broad SMARTS) is 2. The predicted molar refractivity (Wildman–Crippen MR) is 123 cm³/mol. The van der Waals surface area contributed by atoms with Gasteiger partial charge in [0.05, 0.1) is 11.8 Å². The molecule has 2 N–H and O–H groups in total. The summed E-state index contributed by atoms with van der Waals surface area (Å²) >= 11 is 0. The molecular formula is C23H25N3O6S. The Kier molecular flexibility index (Phi) is 6.24. The topological polar surface area (TPSA) is 120 Å². The number of hydrogen-bond donors (Lipinski definition) is 2. The van der Waals surface area contributed by atoms with Crippen LogP contribution in [0, 0.1) is 0 Å². The van der Waals surface area contributed by atoms with Crippen molar-refractivity contribution in [3.63, 3.8) is 0 Å². The summed E-state index contributed by atoms with van der Waals surface area (Å²) in [6.45, 7) is 1.45. The van der Waals surface area contributed by atoms with Gasteiger partial charge in [0.1, 0.15) is 6.04 Å². The average Bonchev–Trinajstić information content (AvgIpc) is 3.11. The van der Waals surface area contributed by atoms with Gasteiger partial charge in [-0.15, -0.1) is 0 Å². The van der Waals surface area contributed by atoms with E-state index in [1.807, 2.05) is 34.9 Å². The number of aromatic nitrogens is 1. The lowest BCUT2D eigenvalue weighted by molar-refractivity contribution is -0.144. The van der Waals surface area contributed by atoms with Gasteiger partial charge in [0.15, 0.2) is 0 Å². The third kappa shape index (κ3) is 4.77. The molecule has 33 heavy (non-hydrogen) atoms. The van der Waals surface area contributed by atoms with E-state index >= 15 is 0 Å². The second kappa shape index (κ2) is 8.97. The molecule has 1 atom stereocenters. The van der Waals surface area contributed by atoms with Gasteiger partial charge >= 0.3 is 11.9 Å². The van der Waals surface area contributed by atoms with E-state index in [2.05, 4.69) is 0 Å². The van der Waals surface area contributed by atoms with Crippen LogP contribution >= 0.6 is 0 Å². The summed E-state index contributed by atoms with van der Waals surface area (Å²) in [6.07, 6.45) is 2.92. The van der Waals surface area contributed by atoms with Crippen LogP contribution in [0.25, 0.3) is 10.9 Å². The first-order valence-corrected chi connectivity index (χ1v) is 12.3. The summed E-state index contributed by atoms with van der Waals surface area (Å²) < 4.78 is 26.9. The quantitative estimate of drug-likeness (QED) is 0.541. The third-order valence-electron chi connectivity index (χ3n) is 5.99. The number of aliphatic carboxylic acids is 1. The molecule has 0 saturated carbocycles. The molecule has 3 aromatic rings. The Hall–Kier alpha value is -3.21. The summed E-state index contributed by atoms with van der Waals surface area (Å²) in [7, 11) is -3.34. The Morgan fingerprint density at radius 1 is 1.00 bits per heavy atom. The number of carboxylic acids is 2. The van der Waals surface area contributed by atoms with Gasteiger partial charge in [-0.2, -0.15) is 4.31 Å². The van der Waals surface area contributed by atoms with Gasteiger partial charge in [-0.3, -0.25) is 9.69 Å². The number of hydrogen-bond acceptors (Lipinski definition) is 5. The fourth-order valence-corrected chi connectivity index (χ4v) is 5.19. The molecule has 0 radical (unpaired) electrons. The predicted octanol–water partition coefficient (Wildman–Crippen LogP) is 2.09.